The van der Waals surface area contributed by atoms with E-state index in [2.05, 4.69) is 15.9 Å². The van der Waals surface area contributed by atoms with Crippen LogP contribution in [0.15, 0.2) is 39.7 Å². The van der Waals surface area contributed by atoms with Crippen LogP contribution in [0.1, 0.15) is 0 Å². The number of hydrogen-bond donors (Lipinski definition) is 1. The van der Waals surface area contributed by atoms with E-state index in [1.807, 2.05) is 6.07 Å². The van der Waals surface area contributed by atoms with Gasteiger partial charge in [0.05, 0.1) is 10.6 Å². The van der Waals surface area contributed by atoms with Gasteiger partial charge in [0.25, 0.3) is 0 Å². The van der Waals surface area contributed by atoms with Gasteiger partial charge in [0, 0.05) is 29.3 Å². The summed E-state index contributed by atoms with van der Waals surface area (Å²) in [5, 5.41) is 1.36. The summed E-state index contributed by atoms with van der Waals surface area (Å²) in [5.41, 5.74) is 6.50. The predicted molar refractivity (Wildman–Crippen MR) is 76.9 cm³/mol. The van der Waals surface area contributed by atoms with Crippen LogP contribution in [0.3, 0.4) is 0 Å². The maximum absolute atomic E-state index is 12.2. The second kappa shape index (κ2) is 4.53. The minimum absolute atomic E-state index is 0.268. The molecule has 0 atom stereocenters. The fraction of sp³-hybridized carbons (Fsp3) is 0.167. The van der Waals surface area contributed by atoms with Crippen LogP contribution in [-0.2, 0) is 10.0 Å². The summed E-state index contributed by atoms with van der Waals surface area (Å²) < 4.78 is 26.4. The Morgan fingerprint density at radius 1 is 1.11 bits per heavy atom. The van der Waals surface area contributed by atoms with Crippen molar-refractivity contribution in [2.75, 3.05) is 19.8 Å². The van der Waals surface area contributed by atoms with E-state index in [0.717, 1.165) is 9.86 Å². The molecule has 0 saturated carbocycles. The number of benzene rings is 2. The van der Waals surface area contributed by atoms with Crippen molar-refractivity contribution in [2.45, 2.75) is 4.90 Å². The zero-order valence-electron chi connectivity index (χ0n) is 10.0. The third kappa shape index (κ3) is 2.00. The largest absolute Gasteiger partial charge is 0.397 e. The highest BCUT2D eigenvalue weighted by atomic mass is 79.9. The van der Waals surface area contributed by atoms with Crippen LogP contribution in [0.4, 0.5) is 5.69 Å². The van der Waals surface area contributed by atoms with Gasteiger partial charge in [-0.05, 0) is 28.1 Å². The van der Waals surface area contributed by atoms with Gasteiger partial charge in [0.2, 0.25) is 10.0 Å². The van der Waals surface area contributed by atoms with E-state index in [1.165, 1.54) is 18.4 Å². The Kier molecular flexibility index (Phi) is 3.35. The third-order valence-corrected chi connectivity index (χ3v) is 5.33. The molecule has 0 aliphatic carbocycles. The highest BCUT2D eigenvalue weighted by Gasteiger charge is 2.20. The summed E-state index contributed by atoms with van der Waals surface area (Å²) in [5.74, 6) is 0. The third-order valence-electron chi connectivity index (χ3n) is 2.77. The molecule has 0 bridgehead atoms. The standard InChI is InChI=1S/C12H13BrN2O2S/c1-15(2)18(16,17)11-5-3-4-9-8(11)6-7-10(13)12(9)14/h3-7H,14H2,1-2H3. The van der Waals surface area contributed by atoms with Gasteiger partial charge in [-0.3, -0.25) is 0 Å². The Labute approximate surface area is 115 Å². The fourth-order valence-corrected chi connectivity index (χ4v) is 3.19. The maximum Gasteiger partial charge on any atom is 0.243 e. The minimum Gasteiger partial charge on any atom is -0.397 e. The average Bonchev–Trinajstić information content (AvgIpc) is 2.33. The normalized spacial score (nSPS) is 12.2. The van der Waals surface area contributed by atoms with Crippen LogP contribution < -0.4 is 5.73 Å². The van der Waals surface area contributed by atoms with Gasteiger partial charge < -0.3 is 5.73 Å². The first kappa shape index (κ1) is 13.3. The minimum atomic E-state index is -3.47. The van der Waals surface area contributed by atoms with E-state index in [0.29, 0.717) is 11.1 Å². The van der Waals surface area contributed by atoms with Crippen LogP contribution in [0, 0.1) is 0 Å². The number of nitrogen functional groups attached to an aromatic ring is 1. The second-order valence-electron chi connectivity index (χ2n) is 4.10. The highest BCUT2D eigenvalue weighted by molar-refractivity contribution is 9.10. The Balaban J connectivity index is 2.87. The number of sulfonamides is 1. The Morgan fingerprint density at radius 2 is 1.78 bits per heavy atom. The van der Waals surface area contributed by atoms with Crippen molar-refractivity contribution in [3.8, 4) is 0 Å². The summed E-state index contributed by atoms with van der Waals surface area (Å²) in [6.07, 6.45) is 0. The fourth-order valence-electron chi connectivity index (χ4n) is 1.75. The van der Waals surface area contributed by atoms with Gasteiger partial charge in [-0.2, -0.15) is 0 Å². The first-order valence-electron chi connectivity index (χ1n) is 5.25. The number of hydrogen-bond acceptors (Lipinski definition) is 3. The van der Waals surface area contributed by atoms with Crippen LogP contribution in [0.5, 0.6) is 0 Å². The Bertz CT molecular complexity index is 711. The van der Waals surface area contributed by atoms with E-state index in [-0.39, 0.29) is 4.90 Å². The lowest BCUT2D eigenvalue weighted by Gasteiger charge is -2.14. The molecule has 2 N–H and O–H groups in total. The molecule has 0 aliphatic heterocycles. The van der Waals surface area contributed by atoms with Crippen LogP contribution >= 0.6 is 15.9 Å². The molecule has 4 nitrogen and oxygen atoms in total. The molecule has 0 heterocycles. The SMILES string of the molecule is CN(C)S(=O)(=O)c1cccc2c(N)c(Br)ccc12. The molecule has 0 radical (unpaired) electrons. The zero-order valence-corrected chi connectivity index (χ0v) is 12.4. The van der Waals surface area contributed by atoms with Crippen molar-refractivity contribution in [2.24, 2.45) is 0 Å². The number of nitrogens with zero attached hydrogens (tertiary/aromatic N) is 1. The van der Waals surface area contributed by atoms with Crippen LogP contribution in [0.25, 0.3) is 10.8 Å². The van der Waals surface area contributed by atoms with Crippen molar-refractivity contribution in [1.29, 1.82) is 0 Å². The van der Waals surface area contributed by atoms with Gasteiger partial charge in [-0.25, -0.2) is 12.7 Å². The number of nitrogens with two attached hydrogens (primary N) is 1. The molecule has 0 amide bonds. The lowest BCUT2D eigenvalue weighted by atomic mass is 10.1. The first-order chi connectivity index (χ1) is 8.35. The maximum atomic E-state index is 12.2. The molecule has 2 aromatic carbocycles. The van der Waals surface area contributed by atoms with Crippen molar-refractivity contribution < 1.29 is 8.42 Å². The molecule has 0 aromatic heterocycles. The van der Waals surface area contributed by atoms with Gasteiger partial charge >= 0.3 is 0 Å². The van der Waals surface area contributed by atoms with E-state index in [1.54, 1.807) is 24.3 Å². The van der Waals surface area contributed by atoms with Gasteiger partial charge in [0.15, 0.2) is 0 Å². The zero-order chi connectivity index (χ0) is 13.5. The Morgan fingerprint density at radius 3 is 2.39 bits per heavy atom. The van der Waals surface area contributed by atoms with E-state index in [9.17, 15) is 8.42 Å². The summed E-state index contributed by atoms with van der Waals surface area (Å²) in [7, 11) is -0.450. The van der Waals surface area contributed by atoms with E-state index < -0.39 is 10.0 Å². The quantitative estimate of drug-likeness (QED) is 0.861. The van der Waals surface area contributed by atoms with E-state index in [4.69, 9.17) is 5.73 Å². The molecular formula is C12H13BrN2O2S. The summed E-state index contributed by atoms with van der Waals surface area (Å²) in [6, 6.07) is 8.61. The molecule has 0 aliphatic rings. The van der Waals surface area contributed by atoms with Crippen LogP contribution in [-0.4, -0.2) is 26.8 Å². The molecule has 2 rings (SSSR count). The number of halogens is 1. The van der Waals surface area contributed by atoms with Gasteiger partial charge in [-0.1, -0.05) is 18.2 Å². The molecule has 0 unspecified atom stereocenters. The molecule has 18 heavy (non-hydrogen) atoms. The number of fused-ring (bicyclic) bond motifs is 1. The molecule has 0 fully saturated rings. The topological polar surface area (TPSA) is 63.4 Å². The second-order valence-corrected chi connectivity index (χ2v) is 7.07. The monoisotopic (exact) mass is 328 g/mol. The van der Waals surface area contributed by atoms with Crippen molar-refractivity contribution >= 4 is 42.4 Å². The van der Waals surface area contributed by atoms with Crippen molar-refractivity contribution in [3.05, 3.63) is 34.8 Å². The summed E-state index contributed by atoms with van der Waals surface area (Å²) in [6.45, 7) is 0. The highest BCUT2D eigenvalue weighted by Crippen LogP contribution is 2.32. The molecule has 2 aromatic rings. The average molecular weight is 329 g/mol. The molecular weight excluding hydrogens is 316 g/mol. The lowest BCUT2D eigenvalue weighted by Crippen LogP contribution is -2.22. The number of rotatable bonds is 2. The van der Waals surface area contributed by atoms with Crippen LogP contribution in [0.2, 0.25) is 0 Å². The lowest BCUT2D eigenvalue weighted by molar-refractivity contribution is 0.521. The summed E-state index contributed by atoms with van der Waals surface area (Å²) in [4.78, 5) is 0.268. The molecule has 96 valence electrons. The Hall–Kier alpha value is -1.11. The van der Waals surface area contributed by atoms with Gasteiger partial charge in [-0.15, -0.1) is 0 Å². The smallest absolute Gasteiger partial charge is 0.243 e. The van der Waals surface area contributed by atoms with E-state index >= 15 is 0 Å². The van der Waals surface area contributed by atoms with Crippen molar-refractivity contribution in [3.63, 3.8) is 0 Å². The molecule has 0 spiro atoms. The summed E-state index contributed by atoms with van der Waals surface area (Å²) >= 11 is 3.34. The molecule has 0 saturated heterocycles. The predicted octanol–water partition coefficient (Wildman–Crippen LogP) is 2.43. The molecule has 6 heteroatoms. The first-order valence-corrected chi connectivity index (χ1v) is 7.48. The number of anilines is 1. The van der Waals surface area contributed by atoms with Gasteiger partial charge in [0.1, 0.15) is 0 Å². The van der Waals surface area contributed by atoms with Crippen molar-refractivity contribution in [1.82, 2.24) is 4.31 Å².